The van der Waals surface area contributed by atoms with Crippen molar-refractivity contribution in [2.75, 3.05) is 18.0 Å². The van der Waals surface area contributed by atoms with Gasteiger partial charge in [0.15, 0.2) is 0 Å². The van der Waals surface area contributed by atoms with Crippen molar-refractivity contribution in [3.8, 4) is 6.07 Å². The van der Waals surface area contributed by atoms with Gasteiger partial charge < -0.3 is 10.6 Å². The maximum atomic E-state index is 11.2. The topological polar surface area (TPSA) is 95.9 Å². The lowest BCUT2D eigenvalue weighted by Gasteiger charge is -2.31. The van der Waals surface area contributed by atoms with E-state index in [0.29, 0.717) is 18.2 Å². The van der Waals surface area contributed by atoms with Crippen LogP contribution in [0.1, 0.15) is 18.5 Å². The van der Waals surface area contributed by atoms with Crippen molar-refractivity contribution < 1.29 is 4.79 Å². The van der Waals surface area contributed by atoms with Crippen LogP contribution in [0, 0.1) is 17.2 Å². The summed E-state index contributed by atoms with van der Waals surface area (Å²) in [5.41, 5.74) is 5.63. The first-order valence-corrected chi connectivity index (χ1v) is 5.48. The van der Waals surface area contributed by atoms with Gasteiger partial charge in [-0.15, -0.1) is 0 Å². The molecule has 2 rings (SSSR count). The van der Waals surface area contributed by atoms with Crippen LogP contribution in [0.3, 0.4) is 0 Å². The standard InChI is InChI=1S/C11H13N5O/c12-6-9-3-4-14-11(15-9)16-5-1-2-8(7-16)10(13)17/h3-4,8H,1-2,5,7H2,(H2,13,17). The highest BCUT2D eigenvalue weighted by Crippen LogP contribution is 2.19. The number of carbonyl (C=O) groups is 1. The minimum Gasteiger partial charge on any atom is -0.369 e. The van der Waals surface area contributed by atoms with E-state index in [-0.39, 0.29) is 11.8 Å². The molecule has 1 aliphatic rings. The predicted octanol–water partition coefficient (Wildman–Crippen LogP) is 0.0500. The van der Waals surface area contributed by atoms with Crippen LogP contribution in [0.2, 0.25) is 0 Å². The Bertz CT molecular complexity index is 467. The summed E-state index contributed by atoms with van der Waals surface area (Å²) in [6.45, 7) is 1.32. The highest BCUT2D eigenvalue weighted by Gasteiger charge is 2.25. The van der Waals surface area contributed by atoms with Gasteiger partial charge in [-0.25, -0.2) is 9.97 Å². The van der Waals surface area contributed by atoms with Gasteiger partial charge in [-0.3, -0.25) is 4.79 Å². The largest absolute Gasteiger partial charge is 0.369 e. The molecule has 6 nitrogen and oxygen atoms in total. The van der Waals surface area contributed by atoms with E-state index in [1.165, 1.54) is 0 Å². The monoisotopic (exact) mass is 231 g/mol. The van der Waals surface area contributed by atoms with Crippen LogP contribution in [0.15, 0.2) is 12.3 Å². The van der Waals surface area contributed by atoms with E-state index < -0.39 is 0 Å². The van der Waals surface area contributed by atoms with Crippen molar-refractivity contribution in [1.82, 2.24) is 9.97 Å². The first kappa shape index (κ1) is 11.3. The van der Waals surface area contributed by atoms with E-state index in [1.807, 2.05) is 11.0 Å². The summed E-state index contributed by atoms with van der Waals surface area (Å²) in [5.74, 6) is 0.0548. The molecule has 0 saturated carbocycles. The lowest BCUT2D eigenvalue weighted by molar-refractivity contribution is -0.122. The lowest BCUT2D eigenvalue weighted by Crippen LogP contribution is -2.41. The molecule has 1 fully saturated rings. The average Bonchev–Trinajstić information content (AvgIpc) is 2.39. The minimum atomic E-state index is -0.286. The summed E-state index contributed by atoms with van der Waals surface area (Å²) in [6, 6.07) is 3.53. The number of amides is 1. The number of nitrogens with zero attached hydrogens (tertiary/aromatic N) is 4. The van der Waals surface area contributed by atoms with Crippen molar-refractivity contribution >= 4 is 11.9 Å². The van der Waals surface area contributed by atoms with Gasteiger partial charge >= 0.3 is 0 Å². The smallest absolute Gasteiger partial charge is 0.226 e. The average molecular weight is 231 g/mol. The van der Waals surface area contributed by atoms with Crippen LogP contribution in [0.5, 0.6) is 0 Å². The molecule has 2 heterocycles. The Morgan fingerprint density at radius 3 is 3.18 bits per heavy atom. The number of primary amides is 1. The number of anilines is 1. The van der Waals surface area contributed by atoms with Gasteiger partial charge in [-0.05, 0) is 18.9 Å². The highest BCUT2D eigenvalue weighted by atomic mass is 16.1. The van der Waals surface area contributed by atoms with E-state index in [0.717, 1.165) is 19.4 Å². The molecule has 1 aromatic heterocycles. The van der Waals surface area contributed by atoms with E-state index in [2.05, 4.69) is 9.97 Å². The van der Waals surface area contributed by atoms with Gasteiger partial charge in [0.2, 0.25) is 11.9 Å². The second-order valence-electron chi connectivity index (χ2n) is 4.04. The molecule has 1 aromatic rings. The molecule has 0 spiro atoms. The Hall–Kier alpha value is -2.16. The summed E-state index contributed by atoms with van der Waals surface area (Å²) in [5, 5.41) is 8.77. The van der Waals surface area contributed by atoms with Crippen LogP contribution >= 0.6 is 0 Å². The third-order valence-corrected chi connectivity index (χ3v) is 2.86. The fourth-order valence-electron chi connectivity index (χ4n) is 1.95. The molecule has 1 aliphatic heterocycles. The Morgan fingerprint density at radius 2 is 2.47 bits per heavy atom. The Morgan fingerprint density at radius 1 is 1.65 bits per heavy atom. The zero-order valence-electron chi connectivity index (χ0n) is 9.33. The summed E-state index contributed by atoms with van der Waals surface area (Å²) in [6.07, 6.45) is 3.24. The van der Waals surface area contributed by atoms with Crippen LogP contribution < -0.4 is 10.6 Å². The Kier molecular flexibility index (Phi) is 3.19. The molecule has 0 aliphatic carbocycles. The van der Waals surface area contributed by atoms with Gasteiger partial charge in [-0.1, -0.05) is 0 Å². The summed E-state index contributed by atoms with van der Waals surface area (Å²) >= 11 is 0. The molecule has 2 N–H and O–H groups in total. The van der Waals surface area contributed by atoms with Gasteiger partial charge in [-0.2, -0.15) is 5.26 Å². The molecule has 0 bridgehead atoms. The van der Waals surface area contributed by atoms with Gasteiger partial charge in [0.1, 0.15) is 11.8 Å². The SMILES string of the molecule is N#Cc1ccnc(N2CCCC(C(N)=O)C2)n1. The van der Waals surface area contributed by atoms with Crippen LogP contribution in [0.25, 0.3) is 0 Å². The number of piperidine rings is 1. The Balaban J connectivity index is 2.16. The molecule has 88 valence electrons. The number of aromatic nitrogens is 2. The minimum absolute atomic E-state index is 0.155. The van der Waals surface area contributed by atoms with Crippen molar-refractivity contribution in [3.05, 3.63) is 18.0 Å². The fraction of sp³-hybridized carbons (Fsp3) is 0.455. The third kappa shape index (κ3) is 2.50. The lowest BCUT2D eigenvalue weighted by atomic mass is 9.98. The number of hydrogen-bond donors (Lipinski definition) is 1. The number of hydrogen-bond acceptors (Lipinski definition) is 5. The maximum Gasteiger partial charge on any atom is 0.226 e. The van der Waals surface area contributed by atoms with E-state index in [1.54, 1.807) is 12.3 Å². The van der Waals surface area contributed by atoms with E-state index >= 15 is 0 Å². The molecular formula is C11H13N5O. The second kappa shape index (κ2) is 4.78. The van der Waals surface area contributed by atoms with Gasteiger partial charge in [0, 0.05) is 19.3 Å². The summed E-state index contributed by atoms with van der Waals surface area (Å²) in [7, 11) is 0. The molecular weight excluding hydrogens is 218 g/mol. The zero-order chi connectivity index (χ0) is 12.3. The molecule has 17 heavy (non-hydrogen) atoms. The molecule has 6 heteroatoms. The Labute approximate surface area is 99.1 Å². The first-order chi connectivity index (χ1) is 8.20. The normalized spacial score (nSPS) is 19.7. The second-order valence-corrected chi connectivity index (χ2v) is 4.04. The molecule has 1 amide bonds. The van der Waals surface area contributed by atoms with Gasteiger partial charge in [0.25, 0.3) is 0 Å². The van der Waals surface area contributed by atoms with Crippen LogP contribution in [0.4, 0.5) is 5.95 Å². The number of rotatable bonds is 2. The molecule has 1 atom stereocenters. The van der Waals surface area contributed by atoms with Crippen molar-refractivity contribution in [3.63, 3.8) is 0 Å². The van der Waals surface area contributed by atoms with Crippen molar-refractivity contribution in [2.45, 2.75) is 12.8 Å². The predicted molar refractivity (Wildman–Crippen MR) is 60.9 cm³/mol. The van der Waals surface area contributed by atoms with Crippen molar-refractivity contribution in [1.29, 1.82) is 5.26 Å². The third-order valence-electron chi connectivity index (χ3n) is 2.86. The molecule has 1 unspecified atom stereocenters. The molecule has 1 saturated heterocycles. The van der Waals surface area contributed by atoms with Crippen LogP contribution in [-0.2, 0) is 4.79 Å². The molecule has 0 aromatic carbocycles. The highest BCUT2D eigenvalue weighted by molar-refractivity contribution is 5.77. The quantitative estimate of drug-likeness (QED) is 0.775. The maximum absolute atomic E-state index is 11.2. The van der Waals surface area contributed by atoms with Gasteiger partial charge in [0.05, 0.1) is 5.92 Å². The molecule has 0 radical (unpaired) electrons. The zero-order valence-corrected chi connectivity index (χ0v) is 9.33. The number of carbonyl (C=O) groups excluding carboxylic acids is 1. The van der Waals surface area contributed by atoms with E-state index in [9.17, 15) is 4.79 Å². The van der Waals surface area contributed by atoms with Crippen molar-refractivity contribution in [2.24, 2.45) is 11.7 Å². The summed E-state index contributed by atoms with van der Waals surface area (Å²) in [4.78, 5) is 21.3. The number of nitriles is 1. The first-order valence-electron chi connectivity index (χ1n) is 5.48. The van der Waals surface area contributed by atoms with E-state index in [4.69, 9.17) is 11.0 Å². The fourth-order valence-corrected chi connectivity index (χ4v) is 1.95. The summed E-state index contributed by atoms with van der Waals surface area (Å²) < 4.78 is 0. The number of nitrogens with two attached hydrogens (primary N) is 1. The van der Waals surface area contributed by atoms with Crippen LogP contribution in [-0.4, -0.2) is 29.0 Å².